The highest BCUT2D eigenvalue weighted by Crippen LogP contribution is 2.27. The van der Waals surface area contributed by atoms with Crippen LogP contribution in [0.4, 0.5) is 8.78 Å². The van der Waals surface area contributed by atoms with Crippen molar-refractivity contribution < 1.29 is 8.78 Å². The second kappa shape index (κ2) is 4.70. The van der Waals surface area contributed by atoms with Crippen molar-refractivity contribution in [3.05, 3.63) is 26.0 Å². The largest absolute Gasteiger partial charge is 0.280 e. The van der Waals surface area contributed by atoms with Gasteiger partial charge in [0.25, 0.3) is 6.43 Å². The normalized spacial score (nSPS) is 10.9. The Bertz CT molecular complexity index is 296. The molecular formula is C7H4Cl2F2IN. The lowest BCUT2D eigenvalue weighted by atomic mass is 10.3. The molecule has 72 valence electrons. The van der Waals surface area contributed by atoms with Gasteiger partial charge in [0, 0.05) is 10.6 Å². The summed E-state index contributed by atoms with van der Waals surface area (Å²) in [4.78, 5) is 3.67. The van der Waals surface area contributed by atoms with Gasteiger partial charge in [-0.25, -0.2) is 13.8 Å². The van der Waals surface area contributed by atoms with Gasteiger partial charge < -0.3 is 0 Å². The molecule has 1 aromatic heterocycles. The number of pyridine rings is 1. The summed E-state index contributed by atoms with van der Waals surface area (Å²) < 4.78 is 24.8. The van der Waals surface area contributed by atoms with Crippen LogP contribution in [-0.2, 0) is 5.88 Å². The topological polar surface area (TPSA) is 12.9 Å². The molecule has 0 spiro atoms. The van der Waals surface area contributed by atoms with Crippen LogP contribution in [0.15, 0.2) is 6.07 Å². The molecule has 0 N–H and O–H groups in total. The van der Waals surface area contributed by atoms with E-state index >= 15 is 0 Å². The van der Waals surface area contributed by atoms with Crippen molar-refractivity contribution in [1.29, 1.82) is 0 Å². The first kappa shape index (κ1) is 11.4. The molecule has 1 rings (SSSR count). The number of alkyl halides is 3. The van der Waals surface area contributed by atoms with E-state index in [0.717, 1.165) is 6.07 Å². The van der Waals surface area contributed by atoms with Crippen molar-refractivity contribution >= 4 is 45.8 Å². The Hall–Kier alpha value is 0.320. The van der Waals surface area contributed by atoms with Crippen LogP contribution < -0.4 is 0 Å². The third kappa shape index (κ3) is 2.63. The first-order valence-electron chi connectivity index (χ1n) is 3.25. The fraction of sp³-hybridized carbons (Fsp3) is 0.286. The van der Waals surface area contributed by atoms with E-state index in [1.807, 2.05) is 22.6 Å². The van der Waals surface area contributed by atoms with Gasteiger partial charge in [-0.15, -0.1) is 11.6 Å². The van der Waals surface area contributed by atoms with Crippen LogP contribution in [0, 0.1) is 3.70 Å². The summed E-state index contributed by atoms with van der Waals surface area (Å²) >= 11 is 13.1. The van der Waals surface area contributed by atoms with Crippen LogP contribution in [-0.4, -0.2) is 4.98 Å². The number of rotatable bonds is 2. The van der Waals surface area contributed by atoms with Gasteiger partial charge in [0.2, 0.25) is 0 Å². The summed E-state index contributed by atoms with van der Waals surface area (Å²) in [6.45, 7) is 0. The predicted octanol–water partition coefficient (Wildman–Crippen LogP) is 4.02. The van der Waals surface area contributed by atoms with Crippen molar-refractivity contribution in [3.8, 4) is 0 Å². The van der Waals surface area contributed by atoms with Gasteiger partial charge >= 0.3 is 0 Å². The fourth-order valence-corrected chi connectivity index (χ4v) is 2.51. The Labute approximate surface area is 97.6 Å². The molecule has 0 aliphatic heterocycles. The van der Waals surface area contributed by atoms with Gasteiger partial charge in [0.1, 0.15) is 9.39 Å². The molecule has 0 bridgehead atoms. The summed E-state index contributed by atoms with van der Waals surface area (Å²) in [5.74, 6) is 0.174. The number of hydrogen-bond acceptors (Lipinski definition) is 1. The Balaban J connectivity index is 3.20. The predicted molar refractivity (Wildman–Crippen MR) is 56.5 cm³/mol. The Morgan fingerprint density at radius 1 is 1.54 bits per heavy atom. The van der Waals surface area contributed by atoms with Crippen molar-refractivity contribution in [3.63, 3.8) is 0 Å². The molecule has 0 radical (unpaired) electrons. The summed E-state index contributed by atoms with van der Waals surface area (Å²) in [5, 5.41) is 0.240. The van der Waals surface area contributed by atoms with Crippen LogP contribution in [0.2, 0.25) is 5.02 Å². The average Bonchev–Trinajstić information content (AvgIpc) is 2.03. The fourth-order valence-electron chi connectivity index (χ4n) is 0.759. The van der Waals surface area contributed by atoms with Crippen molar-refractivity contribution in [2.45, 2.75) is 12.3 Å². The van der Waals surface area contributed by atoms with Crippen LogP contribution in [0.5, 0.6) is 0 Å². The maximum Gasteiger partial charge on any atom is 0.280 e. The molecule has 1 heterocycles. The van der Waals surface area contributed by atoms with Crippen molar-refractivity contribution in [2.75, 3.05) is 0 Å². The first-order chi connectivity index (χ1) is 6.06. The van der Waals surface area contributed by atoms with E-state index in [1.54, 1.807) is 0 Å². The van der Waals surface area contributed by atoms with Crippen LogP contribution in [0.3, 0.4) is 0 Å². The summed E-state index contributed by atoms with van der Waals surface area (Å²) in [5.41, 5.74) is 0.275. The van der Waals surface area contributed by atoms with E-state index in [-0.39, 0.29) is 16.6 Å². The zero-order chi connectivity index (χ0) is 10.0. The molecule has 0 amide bonds. The van der Waals surface area contributed by atoms with Crippen LogP contribution in [0.25, 0.3) is 0 Å². The highest BCUT2D eigenvalue weighted by Gasteiger charge is 2.14. The monoisotopic (exact) mass is 337 g/mol. The lowest BCUT2D eigenvalue weighted by Gasteiger charge is -2.05. The summed E-state index contributed by atoms with van der Waals surface area (Å²) in [7, 11) is 0. The number of aromatic nitrogens is 1. The molecule has 13 heavy (non-hydrogen) atoms. The zero-order valence-electron chi connectivity index (χ0n) is 6.20. The number of nitrogens with zero attached hydrogens (tertiary/aromatic N) is 1. The van der Waals surface area contributed by atoms with E-state index < -0.39 is 6.43 Å². The van der Waals surface area contributed by atoms with Crippen molar-refractivity contribution in [1.82, 2.24) is 4.98 Å². The summed E-state index contributed by atoms with van der Waals surface area (Å²) in [6, 6.07) is 1.14. The van der Waals surface area contributed by atoms with Crippen LogP contribution in [0.1, 0.15) is 17.7 Å². The van der Waals surface area contributed by atoms with Gasteiger partial charge in [-0.05, 0) is 28.7 Å². The van der Waals surface area contributed by atoms with E-state index in [9.17, 15) is 8.78 Å². The minimum absolute atomic E-state index is 0.174. The van der Waals surface area contributed by atoms with Crippen molar-refractivity contribution in [2.24, 2.45) is 0 Å². The number of hydrogen-bond donors (Lipinski definition) is 0. The van der Waals surface area contributed by atoms with Gasteiger partial charge in [-0.1, -0.05) is 11.6 Å². The minimum Gasteiger partial charge on any atom is -0.240 e. The van der Waals surface area contributed by atoms with E-state index in [4.69, 9.17) is 23.2 Å². The van der Waals surface area contributed by atoms with E-state index in [1.165, 1.54) is 0 Å². The molecule has 0 unspecified atom stereocenters. The molecule has 0 aromatic carbocycles. The highest BCUT2D eigenvalue weighted by molar-refractivity contribution is 14.1. The molecule has 6 heteroatoms. The third-order valence-electron chi connectivity index (χ3n) is 1.40. The molecule has 0 fully saturated rings. The molecule has 1 nitrogen and oxygen atoms in total. The third-order valence-corrected chi connectivity index (χ3v) is 2.89. The summed E-state index contributed by atoms with van der Waals surface area (Å²) in [6.07, 6.45) is -2.60. The smallest absolute Gasteiger partial charge is 0.240 e. The second-order valence-corrected chi connectivity index (χ2v) is 3.93. The van der Waals surface area contributed by atoms with E-state index in [0.29, 0.717) is 9.26 Å². The Morgan fingerprint density at radius 2 is 2.15 bits per heavy atom. The average molecular weight is 338 g/mol. The maximum absolute atomic E-state index is 12.2. The second-order valence-electron chi connectivity index (χ2n) is 2.23. The van der Waals surface area contributed by atoms with Gasteiger partial charge in [0.15, 0.2) is 0 Å². The highest BCUT2D eigenvalue weighted by atomic mass is 127. The Kier molecular flexibility index (Phi) is 4.12. The zero-order valence-corrected chi connectivity index (χ0v) is 9.87. The SMILES string of the molecule is FC(F)c1cc(Cl)c(CCl)c(I)n1. The number of halogens is 5. The van der Waals surface area contributed by atoms with Gasteiger partial charge in [-0.2, -0.15) is 0 Å². The Morgan fingerprint density at radius 3 is 2.54 bits per heavy atom. The molecule has 0 saturated carbocycles. The lowest BCUT2D eigenvalue weighted by molar-refractivity contribution is 0.146. The molecular weight excluding hydrogens is 334 g/mol. The molecule has 0 saturated heterocycles. The first-order valence-corrected chi connectivity index (χ1v) is 5.24. The van der Waals surface area contributed by atoms with Gasteiger partial charge in [0.05, 0.1) is 5.88 Å². The lowest BCUT2D eigenvalue weighted by Crippen LogP contribution is -1.97. The molecule has 0 aliphatic rings. The standard InChI is InChI=1S/C7H4Cl2F2IN/c8-2-3-4(9)1-5(6(10)11)13-7(3)12/h1,6H,2H2. The minimum atomic E-state index is -2.60. The quantitative estimate of drug-likeness (QED) is 0.451. The van der Waals surface area contributed by atoms with Gasteiger partial charge in [-0.3, -0.25) is 0 Å². The maximum atomic E-state index is 12.2. The van der Waals surface area contributed by atoms with Crippen LogP contribution >= 0.6 is 45.8 Å². The molecule has 0 atom stereocenters. The van der Waals surface area contributed by atoms with E-state index in [2.05, 4.69) is 4.98 Å². The molecule has 1 aromatic rings. The molecule has 0 aliphatic carbocycles.